The van der Waals surface area contributed by atoms with Crippen LogP contribution in [-0.2, 0) is 6.42 Å². The SMILES string of the molecule is CCc1nnc([C@H]2CC[C@@H](N)C2)o1. The number of hydrogen-bond acceptors (Lipinski definition) is 4. The number of rotatable bonds is 2. The van der Waals surface area contributed by atoms with Gasteiger partial charge in [0.05, 0.1) is 0 Å². The van der Waals surface area contributed by atoms with Gasteiger partial charge in [0.2, 0.25) is 11.8 Å². The average Bonchev–Trinajstić information content (AvgIpc) is 2.71. The second-order valence-electron chi connectivity index (χ2n) is 3.66. The van der Waals surface area contributed by atoms with Crippen LogP contribution in [0.25, 0.3) is 0 Å². The molecule has 1 aromatic heterocycles. The summed E-state index contributed by atoms with van der Waals surface area (Å²) in [6.45, 7) is 2.01. The average molecular weight is 181 g/mol. The van der Waals surface area contributed by atoms with Gasteiger partial charge in [-0.2, -0.15) is 0 Å². The minimum absolute atomic E-state index is 0.321. The van der Waals surface area contributed by atoms with Crippen molar-refractivity contribution in [2.75, 3.05) is 0 Å². The van der Waals surface area contributed by atoms with Crippen LogP contribution >= 0.6 is 0 Å². The molecular weight excluding hydrogens is 166 g/mol. The lowest BCUT2D eigenvalue weighted by Gasteiger charge is -2.01. The lowest BCUT2D eigenvalue weighted by atomic mass is 10.1. The van der Waals surface area contributed by atoms with Crippen molar-refractivity contribution in [3.63, 3.8) is 0 Å². The van der Waals surface area contributed by atoms with Crippen LogP contribution in [0.2, 0.25) is 0 Å². The predicted molar refractivity (Wildman–Crippen MR) is 48.2 cm³/mol. The maximum atomic E-state index is 5.81. The highest BCUT2D eigenvalue weighted by atomic mass is 16.4. The van der Waals surface area contributed by atoms with E-state index >= 15 is 0 Å². The van der Waals surface area contributed by atoms with Crippen molar-refractivity contribution in [3.05, 3.63) is 11.8 Å². The number of hydrogen-bond donors (Lipinski definition) is 1. The highest BCUT2D eigenvalue weighted by molar-refractivity contribution is 4.97. The van der Waals surface area contributed by atoms with Crippen molar-refractivity contribution in [1.82, 2.24) is 10.2 Å². The molecule has 0 saturated heterocycles. The summed E-state index contributed by atoms with van der Waals surface area (Å²) in [5.41, 5.74) is 5.81. The molecule has 1 aliphatic carbocycles. The van der Waals surface area contributed by atoms with Crippen molar-refractivity contribution < 1.29 is 4.42 Å². The van der Waals surface area contributed by atoms with Gasteiger partial charge >= 0.3 is 0 Å². The second-order valence-corrected chi connectivity index (χ2v) is 3.66. The summed E-state index contributed by atoms with van der Waals surface area (Å²) in [7, 11) is 0. The van der Waals surface area contributed by atoms with Gasteiger partial charge in [-0.25, -0.2) is 0 Å². The Hall–Kier alpha value is -0.900. The summed E-state index contributed by atoms with van der Waals surface area (Å²) in [5.74, 6) is 1.92. The van der Waals surface area contributed by atoms with Crippen molar-refractivity contribution >= 4 is 0 Å². The first-order valence-electron chi connectivity index (χ1n) is 4.87. The monoisotopic (exact) mass is 181 g/mol. The lowest BCUT2D eigenvalue weighted by molar-refractivity contribution is 0.417. The van der Waals surface area contributed by atoms with Gasteiger partial charge in [-0.1, -0.05) is 6.92 Å². The molecule has 0 bridgehead atoms. The predicted octanol–water partition coefficient (Wildman–Crippen LogP) is 1.23. The van der Waals surface area contributed by atoms with Crippen LogP contribution in [0, 0.1) is 0 Å². The van der Waals surface area contributed by atoms with Crippen LogP contribution in [0.1, 0.15) is 43.9 Å². The van der Waals surface area contributed by atoms with Crippen LogP contribution in [0.3, 0.4) is 0 Å². The first-order chi connectivity index (χ1) is 6.29. The van der Waals surface area contributed by atoms with Crippen LogP contribution in [-0.4, -0.2) is 16.2 Å². The summed E-state index contributed by atoms with van der Waals surface area (Å²) in [5, 5.41) is 7.98. The molecule has 1 aliphatic rings. The summed E-state index contributed by atoms with van der Waals surface area (Å²) < 4.78 is 5.49. The Morgan fingerprint density at radius 2 is 2.31 bits per heavy atom. The smallest absolute Gasteiger partial charge is 0.219 e. The molecule has 0 aromatic carbocycles. The molecule has 0 aliphatic heterocycles. The Labute approximate surface area is 77.5 Å². The van der Waals surface area contributed by atoms with Gasteiger partial charge in [-0.15, -0.1) is 10.2 Å². The molecule has 1 heterocycles. The molecule has 4 heteroatoms. The van der Waals surface area contributed by atoms with Crippen LogP contribution in [0.4, 0.5) is 0 Å². The van der Waals surface area contributed by atoms with Gasteiger partial charge in [-0.3, -0.25) is 0 Å². The fourth-order valence-corrected chi connectivity index (χ4v) is 1.82. The van der Waals surface area contributed by atoms with E-state index in [2.05, 4.69) is 10.2 Å². The van der Waals surface area contributed by atoms with Crippen molar-refractivity contribution in [2.45, 2.75) is 44.6 Å². The molecule has 1 aromatic rings. The molecule has 0 amide bonds. The molecular formula is C9H15N3O. The Balaban J connectivity index is 2.08. The zero-order valence-corrected chi connectivity index (χ0v) is 7.86. The van der Waals surface area contributed by atoms with Gasteiger partial charge in [0.15, 0.2) is 0 Å². The van der Waals surface area contributed by atoms with Crippen molar-refractivity contribution in [2.24, 2.45) is 5.73 Å². The lowest BCUT2D eigenvalue weighted by Crippen LogP contribution is -2.14. The molecule has 1 saturated carbocycles. The van der Waals surface area contributed by atoms with Crippen LogP contribution in [0.5, 0.6) is 0 Å². The first kappa shape index (κ1) is 8.69. The highest BCUT2D eigenvalue weighted by Crippen LogP contribution is 2.32. The van der Waals surface area contributed by atoms with Gasteiger partial charge < -0.3 is 10.2 Å². The van der Waals surface area contributed by atoms with Crippen LogP contribution in [0.15, 0.2) is 4.42 Å². The quantitative estimate of drug-likeness (QED) is 0.745. The molecule has 1 fully saturated rings. The third kappa shape index (κ3) is 1.72. The normalized spacial score (nSPS) is 28.2. The third-order valence-corrected chi connectivity index (χ3v) is 2.61. The number of aryl methyl sites for hydroxylation is 1. The van der Waals surface area contributed by atoms with E-state index < -0.39 is 0 Å². The maximum Gasteiger partial charge on any atom is 0.219 e. The highest BCUT2D eigenvalue weighted by Gasteiger charge is 2.27. The zero-order chi connectivity index (χ0) is 9.26. The molecule has 2 rings (SSSR count). The number of aromatic nitrogens is 2. The van der Waals surface area contributed by atoms with Gasteiger partial charge in [0.1, 0.15) is 0 Å². The third-order valence-electron chi connectivity index (χ3n) is 2.61. The van der Waals surface area contributed by atoms with E-state index in [9.17, 15) is 0 Å². The Bertz CT molecular complexity index is 284. The number of nitrogens with two attached hydrogens (primary N) is 1. The Kier molecular flexibility index (Phi) is 2.31. The maximum absolute atomic E-state index is 5.81. The fraction of sp³-hybridized carbons (Fsp3) is 0.778. The van der Waals surface area contributed by atoms with E-state index in [1.165, 1.54) is 0 Å². The molecule has 13 heavy (non-hydrogen) atoms. The minimum Gasteiger partial charge on any atom is -0.425 e. The molecule has 0 spiro atoms. The largest absolute Gasteiger partial charge is 0.425 e. The standard InChI is InChI=1S/C9H15N3O/c1-2-8-11-12-9(13-8)6-3-4-7(10)5-6/h6-7H,2-5,10H2,1H3/t6-,7+/m0/s1. The summed E-state index contributed by atoms with van der Waals surface area (Å²) in [4.78, 5) is 0. The van der Waals surface area contributed by atoms with E-state index in [0.717, 1.165) is 37.5 Å². The molecule has 72 valence electrons. The Morgan fingerprint density at radius 3 is 2.85 bits per heavy atom. The molecule has 4 nitrogen and oxygen atoms in total. The topological polar surface area (TPSA) is 64.9 Å². The summed E-state index contributed by atoms with van der Waals surface area (Å²) >= 11 is 0. The van der Waals surface area contributed by atoms with E-state index in [-0.39, 0.29) is 0 Å². The van der Waals surface area contributed by atoms with Gasteiger partial charge in [0, 0.05) is 18.4 Å². The summed E-state index contributed by atoms with van der Waals surface area (Å²) in [6.07, 6.45) is 3.97. The molecule has 0 radical (unpaired) electrons. The van der Waals surface area contributed by atoms with Gasteiger partial charge in [0.25, 0.3) is 0 Å². The van der Waals surface area contributed by atoms with Gasteiger partial charge in [-0.05, 0) is 19.3 Å². The van der Waals surface area contributed by atoms with Crippen molar-refractivity contribution in [1.29, 1.82) is 0 Å². The van der Waals surface area contributed by atoms with Crippen LogP contribution < -0.4 is 5.73 Å². The van der Waals surface area contributed by atoms with E-state index in [1.54, 1.807) is 0 Å². The molecule has 0 unspecified atom stereocenters. The zero-order valence-electron chi connectivity index (χ0n) is 7.86. The first-order valence-corrected chi connectivity index (χ1v) is 4.87. The van der Waals surface area contributed by atoms with E-state index in [0.29, 0.717) is 12.0 Å². The summed E-state index contributed by atoms with van der Waals surface area (Å²) in [6, 6.07) is 0.321. The van der Waals surface area contributed by atoms with E-state index in [1.807, 2.05) is 6.92 Å². The minimum atomic E-state index is 0.321. The van der Waals surface area contributed by atoms with Crippen molar-refractivity contribution in [3.8, 4) is 0 Å². The number of nitrogens with zero attached hydrogens (tertiary/aromatic N) is 2. The second kappa shape index (κ2) is 3.46. The molecule has 2 atom stereocenters. The fourth-order valence-electron chi connectivity index (χ4n) is 1.82. The van der Waals surface area contributed by atoms with E-state index in [4.69, 9.17) is 10.2 Å². The molecule has 2 N–H and O–H groups in total. The Morgan fingerprint density at radius 1 is 1.46 bits per heavy atom.